The van der Waals surface area contributed by atoms with Gasteiger partial charge in [-0.3, -0.25) is 0 Å². The standard InChI is InChI=1S/C20H14ClN3OS.C13H9ClN2S.C7H5NO/c21-13-10-11-16(24-20(25)22-14-6-2-1-3-7-14)15(12-13)19-23-17-8-4-5-9-18(17)26-19;14-8-5-6-10(15)9(7-8)13-16-11-3-1-2-4-12(11)17-13;9-6-8-7-4-2-1-3-5-7/h1-12H,(H2,22,24,25);1-7H,15H2;1-5H. The molecule has 2 heterocycles. The molecule has 0 unspecified atom stereocenters. The highest BCUT2D eigenvalue weighted by atomic mass is 35.5. The maximum absolute atomic E-state index is 12.4. The summed E-state index contributed by atoms with van der Waals surface area (Å²) in [5.74, 6) is 0. The molecule has 2 amide bonds. The van der Waals surface area contributed by atoms with Crippen LogP contribution in [0, 0.1) is 0 Å². The number of carbonyl (C=O) groups excluding carboxylic acids is 2. The van der Waals surface area contributed by atoms with E-state index in [1.54, 1.807) is 53.0 Å². The number of fused-ring (bicyclic) bond motifs is 2. The maximum Gasteiger partial charge on any atom is 0.323 e. The molecule has 0 aliphatic carbocycles. The Balaban J connectivity index is 0.000000152. The summed E-state index contributed by atoms with van der Waals surface area (Å²) in [7, 11) is 0. The van der Waals surface area contributed by atoms with Crippen LogP contribution in [0.3, 0.4) is 0 Å². The number of hydrogen-bond donors (Lipinski definition) is 3. The number of carbonyl (C=O) groups is 1. The molecule has 0 aliphatic rings. The van der Waals surface area contributed by atoms with Crippen LogP contribution >= 0.6 is 45.9 Å². The Bertz CT molecular complexity index is 2440. The Morgan fingerprint density at radius 3 is 1.75 bits per heavy atom. The zero-order valence-electron chi connectivity index (χ0n) is 27.2. The van der Waals surface area contributed by atoms with Crippen LogP contribution < -0.4 is 16.4 Å². The van der Waals surface area contributed by atoms with E-state index in [4.69, 9.17) is 28.9 Å². The van der Waals surface area contributed by atoms with Crippen molar-refractivity contribution >= 4 is 101 Å². The molecular formula is C40H28Cl2N6O2S2. The lowest BCUT2D eigenvalue weighted by molar-refractivity contribution is 0.262. The van der Waals surface area contributed by atoms with Gasteiger partial charge >= 0.3 is 6.03 Å². The highest BCUT2D eigenvalue weighted by molar-refractivity contribution is 7.22. The molecule has 0 saturated carbocycles. The molecule has 8 nitrogen and oxygen atoms in total. The number of rotatable bonds is 5. The molecule has 2 aromatic heterocycles. The molecule has 256 valence electrons. The molecule has 0 aliphatic heterocycles. The van der Waals surface area contributed by atoms with E-state index in [0.717, 1.165) is 47.3 Å². The van der Waals surface area contributed by atoms with Crippen molar-refractivity contribution < 1.29 is 9.59 Å². The first-order chi connectivity index (χ1) is 25.4. The van der Waals surface area contributed by atoms with E-state index in [1.165, 1.54) is 6.08 Å². The number of benzene rings is 6. The minimum Gasteiger partial charge on any atom is -0.398 e. The zero-order valence-corrected chi connectivity index (χ0v) is 30.3. The number of anilines is 3. The van der Waals surface area contributed by atoms with Gasteiger partial charge in [-0.15, -0.1) is 22.7 Å². The average molecular weight is 760 g/mol. The Morgan fingerprint density at radius 2 is 1.15 bits per heavy atom. The van der Waals surface area contributed by atoms with Gasteiger partial charge in [-0.25, -0.2) is 19.6 Å². The highest BCUT2D eigenvalue weighted by Crippen LogP contribution is 2.37. The van der Waals surface area contributed by atoms with Crippen molar-refractivity contribution in [1.82, 2.24) is 9.97 Å². The summed E-state index contributed by atoms with van der Waals surface area (Å²) in [6.07, 6.45) is 1.46. The summed E-state index contributed by atoms with van der Waals surface area (Å²) in [5.41, 5.74) is 12.3. The third-order valence-electron chi connectivity index (χ3n) is 7.26. The lowest BCUT2D eigenvalue weighted by Gasteiger charge is -2.11. The summed E-state index contributed by atoms with van der Waals surface area (Å²) >= 11 is 15.4. The summed E-state index contributed by atoms with van der Waals surface area (Å²) in [6.45, 7) is 0. The first-order valence-corrected chi connectivity index (χ1v) is 18.1. The van der Waals surface area contributed by atoms with Gasteiger partial charge in [0.05, 0.1) is 31.8 Å². The first-order valence-electron chi connectivity index (χ1n) is 15.7. The molecule has 0 bridgehead atoms. The average Bonchev–Trinajstić information content (AvgIpc) is 3.80. The molecule has 0 fully saturated rings. The number of urea groups is 1. The van der Waals surface area contributed by atoms with Gasteiger partial charge in [-0.2, -0.15) is 4.99 Å². The van der Waals surface area contributed by atoms with E-state index in [2.05, 4.69) is 31.7 Å². The fraction of sp³-hybridized carbons (Fsp3) is 0. The largest absolute Gasteiger partial charge is 0.398 e. The number of nitrogens with one attached hydrogen (secondary N) is 2. The molecule has 8 rings (SSSR count). The Kier molecular flexibility index (Phi) is 12.0. The number of nitrogens with two attached hydrogens (primary N) is 1. The zero-order chi connectivity index (χ0) is 36.3. The highest BCUT2D eigenvalue weighted by Gasteiger charge is 2.14. The van der Waals surface area contributed by atoms with Gasteiger partial charge in [0.15, 0.2) is 0 Å². The second-order valence-electron chi connectivity index (χ2n) is 10.9. The van der Waals surface area contributed by atoms with Crippen LogP contribution in [0.25, 0.3) is 41.6 Å². The molecular weight excluding hydrogens is 732 g/mol. The molecule has 52 heavy (non-hydrogen) atoms. The minimum absolute atomic E-state index is 0.319. The van der Waals surface area contributed by atoms with Gasteiger partial charge in [-0.1, -0.05) is 83.9 Å². The van der Waals surface area contributed by atoms with Crippen molar-refractivity contribution in [2.24, 2.45) is 4.99 Å². The van der Waals surface area contributed by atoms with Crippen molar-refractivity contribution in [3.05, 3.63) is 156 Å². The predicted octanol–water partition coefficient (Wildman–Crippen LogP) is 12.1. The van der Waals surface area contributed by atoms with Crippen molar-refractivity contribution in [2.45, 2.75) is 0 Å². The fourth-order valence-corrected chi connectivity index (χ4v) is 7.20. The van der Waals surface area contributed by atoms with Crippen molar-refractivity contribution in [1.29, 1.82) is 0 Å². The van der Waals surface area contributed by atoms with Crippen LogP contribution in [-0.2, 0) is 4.79 Å². The van der Waals surface area contributed by atoms with E-state index < -0.39 is 0 Å². The van der Waals surface area contributed by atoms with Gasteiger partial charge in [0.1, 0.15) is 10.0 Å². The number of hydrogen-bond acceptors (Lipinski definition) is 8. The van der Waals surface area contributed by atoms with Crippen LogP contribution in [0.2, 0.25) is 10.0 Å². The molecule has 0 radical (unpaired) electrons. The number of amides is 2. The second-order valence-corrected chi connectivity index (χ2v) is 13.8. The Morgan fingerprint density at radius 1 is 0.635 bits per heavy atom. The lowest BCUT2D eigenvalue weighted by atomic mass is 10.2. The molecule has 0 saturated heterocycles. The first kappa shape index (κ1) is 35.9. The number of aromatic nitrogens is 2. The maximum atomic E-state index is 12.4. The van der Waals surface area contributed by atoms with Gasteiger partial charge in [0, 0.05) is 32.5 Å². The number of isocyanates is 1. The van der Waals surface area contributed by atoms with E-state index in [0.29, 0.717) is 27.1 Å². The normalized spacial score (nSPS) is 10.3. The van der Waals surface area contributed by atoms with Crippen LogP contribution in [0.1, 0.15) is 0 Å². The number of nitrogens with zero attached hydrogens (tertiary/aromatic N) is 3. The van der Waals surface area contributed by atoms with E-state index in [9.17, 15) is 9.59 Å². The number of aliphatic imine (C=N–C) groups is 1. The van der Waals surface area contributed by atoms with Crippen LogP contribution in [0.15, 0.2) is 151 Å². The van der Waals surface area contributed by atoms with Crippen molar-refractivity contribution in [3.63, 3.8) is 0 Å². The molecule has 0 atom stereocenters. The van der Waals surface area contributed by atoms with Crippen LogP contribution in [0.4, 0.5) is 27.5 Å². The van der Waals surface area contributed by atoms with Crippen molar-refractivity contribution in [3.8, 4) is 21.1 Å². The van der Waals surface area contributed by atoms with Gasteiger partial charge < -0.3 is 16.4 Å². The van der Waals surface area contributed by atoms with E-state index in [1.807, 2.05) is 109 Å². The minimum atomic E-state index is -0.319. The number of para-hydroxylation sites is 4. The molecule has 0 spiro atoms. The number of halogens is 2. The third-order valence-corrected chi connectivity index (χ3v) is 9.87. The smallest absolute Gasteiger partial charge is 0.323 e. The van der Waals surface area contributed by atoms with E-state index >= 15 is 0 Å². The second kappa shape index (κ2) is 17.4. The quantitative estimate of drug-likeness (QED) is 0.0916. The Hall–Kier alpha value is -5.87. The number of nitrogen functional groups attached to an aromatic ring is 1. The SMILES string of the molecule is Nc1ccc(Cl)cc1-c1nc2ccccc2s1.O=C(Nc1ccccc1)Nc1ccc(Cl)cc1-c1nc2ccccc2s1.O=C=Nc1ccccc1. The van der Waals surface area contributed by atoms with Gasteiger partial charge in [-0.05, 0) is 84.9 Å². The van der Waals surface area contributed by atoms with Crippen LogP contribution in [0.5, 0.6) is 0 Å². The lowest BCUT2D eigenvalue weighted by Crippen LogP contribution is -2.19. The molecule has 6 aromatic carbocycles. The monoisotopic (exact) mass is 758 g/mol. The van der Waals surface area contributed by atoms with Gasteiger partial charge in [0.25, 0.3) is 0 Å². The Labute approximate surface area is 317 Å². The fourth-order valence-electron chi connectivity index (χ4n) is 4.85. The molecule has 12 heteroatoms. The topological polar surface area (TPSA) is 122 Å². The van der Waals surface area contributed by atoms with E-state index in [-0.39, 0.29) is 6.03 Å². The van der Waals surface area contributed by atoms with Gasteiger partial charge in [0.2, 0.25) is 6.08 Å². The summed E-state index contributed by atoms with van der Waals surface area (Å²) in [6, 6.07) is 44.7. The molecule has 8 aromatic rings. The number of thiazole rings is 2. The third kappa shape index (κ3) is 9.46. The van der Waals surface area contributed by atoms with Crippen LogP contribution in [-0.4, -0.2) is 22.1 Å². The molecule has 4 N–H and O–H groups in total. The summed E-state index contributed by atoms with van der Waals surface area (Å²) < 4.78 is 2.24. The summed E-state index contributed by atoms with van der Waals surface area (Å²) in [4.78, 5) is 34.7. The summed E-state index contributed by atoms with van der Waals surface area (Å²) in [5, 5.41) is 8.68. The van der Waals surface area contributed by atoms with Crippen molar-refractivity contribution in [2.75, 3.05) is 16.4 Å². The predicted molar refractivity (Wildman–Crippen MR) is 218 cm³/mol.